The molecule has 0 spiro atoms. The van der Waals surface area contributed by atoms with Crippen LogP contribution in [0.1, 0.15) is 438 Å². The van der Waals surface area contributed by atoms with E-state index in [2.05, 4.69) is 31.3 Å². The second-order valence-electron chi connectivity index (χ2n) is 26.7. The molecule has 84 heavy (non-hydrogen) atoms. The van der Waals surface area contributed by atoms with Gasteiger partial charge in [-0.1, -0.05) is 391 Å². The molecule has 0 aromatic carbocycles. The van der Waals surface area contributed by atoms with Crippen molar-refractivity contribution in [1.82, 2.24) is 5.32 Å². The molecule has 0 aliphatic heterocycles. The number of unbranched alkanes of at least 4 members (excludes halogenated alkanes) is 60. The molecule has 0 rings (SSSR count). The highest BCUT2D eigenvalue weighted by Gasteiger charge is 2.18. The number of rotatable bonds is 73. The van der Waals surface area contributed by atoms with Gasteiger partial charge >= 0.3 is 5.97 Å². The quantitative estimate of drug-likeness (QED) is 0.0320. The number of aliphatic hydroxyl groups excluding tert-OH is 2. The lowest BCUT2D eigenvalue weighted by atomic mass is 10.0. The molecule has 0 bridgehead atoms. The van der Waals surface area contributed by atoms with E-state index in [0.717, 1.165) is 44.9 Å². The van der Waals surface area contributed by atoms with Gasteiger partial charge in [0.1, 0.15) is 0 Å². The van der Waals surface area contributed by atoms with Crippen molar-refractivity contribution in [2.45, 2.75) is 450 Å². The standard InChI is InChI=1S/C78H151NO5/c1-3-5-7-9-11-13-15-17-18-19-20-34-37-40-43-47-50-54-58-62-66-70-76(81)75(74-80)79-77(82)71-67-63-59-55-51-48-44-41-38-35-32-30-28-26-24-22-21-23-25-27-29-31-33-36-39-42-45-49-53-57-61-65-69-73-84-78(83)72-68-64-60-56-52-46-16-14-12-10-8-6-4-2/h14,16,66,70,75-76,80-81H,3-13,15,17-65,67-69,71-74H2,1-2H3,(H,79,82)/b16-14-,70-66+. The Morgan fingerprint density at radius 1 is 0.321 bits per heavy atom. The molecule has 0 fully saturated rings. The Labute approximate surface area is 526 Å². The summed E-state index contributed by atoms with van der Waals surface area (Å²) in [6.07, 6.45) is 94.4. The lowest BCUT2D eigenvalue weighted by Gasteiger charge is -2.20. The van der Waals surface area contributed by atoms with Crippen molar-refractivity contribution in [3.63, 3.8) is 0 Å². The Hall–Kier alpha value is -1.66. The predicted molar refractivity (Wildman–Crippen MR) is 370 cm³/mol. The van der Waals surface area contributed by atoms with Gasteiger partial charge < -0.3 is 20.3 Å². The van der Waals surface area contributed by atoms with Gasteiger partial charge in [-0.15, -0.1) is 0 Å². The Kier molecular flexibility index (Phi) is 72.3. The summed E-state index contributed by atoms with van der Waals surface area (Å²) in [5, 5.41) is 23.3. The largest absolute Gasteiger partial charge is 0.466 e. The average molecular weight is 1180 g/mol. The monoisotopic (exact) mass is 1180 g/mol. The lowest BCUT2D eigenvalue weighted by molar-refractivity contribution is -0.143. The molecule has 6 heteroatoms. The number of allylic oxidation sites excluding steroid dienone is 3. The van der Waals surface area contributed by atoms with Crippen LogP contribution >= 0.6 is 0 Å². The van der Waals surface area contributed by atoms with Crippen molar-refractivity contribution in [2.75, 3.05) is 13.2 Å². The van der Waals surface area contributed by atoms with E-state index >= 15 is 0 Å². The number of nitrogens with one attached hydrogen (secondary N) is 1. The summed E-state index contributed by atoms with van der Waals surface area (Å²) in [5.41, 5.74) is 0. The zero-order valence-corrected chi connectivity index (χ0v) is 57.2. The number of esters is 1. The van der Waals surface area contributed by atoms with Gasteiger partial charge in [0.15, 0.2) is 0 Å². The third-order valence-corrected chi connectivity index (χ3v) is 18.2. The maximum absolute atomic E-state index is 12.5. The van der Waals surface area contributed by atoms with Crippen molar-refractivity contribution in [3.05, 3.63) is 24.3 Å². The van der Waals surface area contributed by atoms with Gasteiger partial charge in [-0.3, -0.25) is 9.59 Å². The van der Waals surface area contributed by atoms with Gasteiger partial charge in [-0.05, 0) is 57.8 Å². The average Bonchev–Trinajstić information content (AvgIpc) is 3.51. The van der Waals surface area contributed by atoms with Crippen molar-refractivity contribution in [2.24, 2.45) is 0 Å². The number of amides is 1. The smallest absolute Gasteiger partial charge is 0.305 e. The van der Waals surface area contributed by atoms with E-state index in [1.54, 1.807) is 6.08 Å². The molecule has 0 radical (unpaired) electrons. The Morgan fingerprint density at radius 2 is 0.560 bits per heavy atom. The van der Waals surface area contributed by atoms with E-state index in [9.17, 15) is 19.8 Å². The zero-order valence-electron chi connectivity index (χ0n) is 57.2. The number of hydrogen-bond donors (Lipinski definition) is 3. The van der Waals surface area contributed by atoms with Crippen LogP contribution in [0.2, 0.25) is 0 Å². The molecule has 0 saturated carbocycles. The minimum atomic E-state index is -0.842. The molecular formula is C78H151NO5. The van der Waals surface area contributed by atoms with Crippen LogP contribution in [-0.4, -0.2) is 47.4 Å². The summed E-state index contributed by atoms with van der Waals surface area (Å²) >= 11 is 0. The summed E-state index contributed by atoms with van der Waals surface area (Å²) in [7, 11) is 0. The van der Waals surface area contributed by atoms with Gasteiger partial charge in [-0.25, -0.2) is 0 Å². The van der Waals surface area contributed by atoms with Crippen LogP contribution in [0.3, 0.4) is 0 Å². The number of carbonyl (C=O) groups is 2. The van der Waals surface area contributed by atoms with E-state index < -0.39 is 12.1 Å². The molecule has 0 saturated heterocycles. The molecule has 0 aliphatic carbocycles. The van der Waals surface area contributed by atoms with Crippen LogP contribution in [0.5, 0.6) is 0 Å². The zero-order chi connectivity index (χ0) is 60.6. The SMILES string of the molecule is CCCCCC/C=C\CCCCCCCC(=O)OCCCCCCCCCCCCCCCCCCCCCCCCCCCCCCCCCCCC(=O)NC(CO)C(O)/C=C/CCCCCCCCCCCCCCCCCCCCC. The molecule has 0 aromatic rings. The molecule has 2 atom stereocenters. The molecule has 0 aliphatic rings. The van der Waals surface area contributed by atoms with Crippen LogP contribution in [0.4, 0.5) is 0 Å². The van der Waals surface area contributed by atoms with Crippen molar-refractivity contribution in [1.29, 1.82) is 0 Å². The molecule has 3 N–H and O–H groups in total. The number of aliphatic hydroxyl groups is 2. The number of hydrogen-bond acceptors (Lipinski definition) is 5. The van der Waals surface area contributed by atoms with Crippen LogP contribution in [0, 0.1) is 0 Å². The van der Waals surface area contributed by atoms with E-state index in [0.29, 0.717) is 19.4 Å². The molecule has 0 heterocycles. The van der Waals surface area contributed by atoms with Gasteiger partial charge in [0.05, 0.1) is 25.4 Å². The number of ether oxygens (including phenoxy) is 1. The Balaban J connectivity index is 3.34. The van der Waals surface area contributed by atoms with Gasteiger partial charge in [0.2, 0.25) is 5.91 Å². The minimum absolute atomic E-state index is 0.0129. The first kappa shape index (κ1) is 82.3. The topological polar surface area (TPSA) is 95.9 Å². The molecule has 0 aromatic heterocycles. The van der Waals surface area contributed by atoms with Gasteiger partial charge in [-0.2, -0.15) is 0 Å². The number of carbonyl (C=O) groups excluding carboxylic acids is 2. The third-order valence-electron chi connectivity index (χ3n) is 18.2. The Bertz CT molecular complexity index is 1320. The summed E-state index contributed by atoms with van der Waals surface area (Å²) in [4.78, 5) is 24.6. The summed E-state index contributed by atoms with van der Waals surface area (Å²) in [6, 6.07) is -0.625. The highest BCUT2D eigenvalue weighted by atomic mass is 16.5. The normalized spacial score (nSPS) is 12.6. The van der Waals surface area contributed by atoms with Crippen LogP contribution in [0.25, 0.3) is 0 Å². The second kappa shape index (κ2) is 73.8. The van der Waals surface area contributed by atoms with E-state index in [-0.39, 0.29) is 18.5 Å². The predicted octanol–water partition coefficient (Wildman–Crippen LogP) is 25.3. The maximum Gasteiger partial charge on any atom is 0.305 e. The van der Waals surface area contributed by atoms with E-state index in [4.69, 9.17) is 4.74 Å². The first-order valence-corrected chi connectivity index (χ1v) is 38.6. The van der Waals surface area contributed by atoms with Crippen LogP contribution in [-0.2, 0) is 14.3 Å². The third kappa shape index (κ3) is 69.4. The summed E-state index contributed by atoms with van der Waals surface area (Å²) < 4.78 is 5.49. The minimum Gasteiger partial charge on any atom is -0.466 e. The lowest BCUT2D eigenvalue weighted by Crippen LogP contribution is -2.45. The maximum atomic E-state index is 12.5. The molecule has 6 nitrogen and oxygen atoms in total. The molecular weight excluding hydrogens is 1030 g/mol. The second-order valence-corrected chi connectivity index (χ2v) is 26.7. The highest BCUT2D eigenvalue weighted by molar-refractivity contribution is 5.76. The first-order chi connectivity index (χ1) is 41.5. The van der Waals surface area contributed by atoms with Crippen molar-refractivity contribution < 1.29 is 24.5 Å². The molecule has 2 unspecified atom stereocenters. The first-order valence-electron chi connectivity index (χ1n) is 38.6. The van der Waals surface area contributed by atoms with Gasteiger partial charge in [0, 0.05) is 12.8 Å². The van der Waals surface area contributed by atoms with Crippen molar-refractivity contribution >= 4 is 11.9 Å². The van der Waals surface area contributed by atoms with Crippen LogP contribution < -0.4 is 5.32 Å². The fraction of sp³-hybridized carbons (Fsp3) is 0.923. The Morgan fingerprint density at radius 3 is 0.857 bits per heavy atom. The van der Waals surface area contributed by atoms with E-state index in [1.807, 2.05) is 6.08 Å². The fourth-order valence-corrected chi connectivity index (χ4v) is 12.3. The molecule has 498 valence electrons. The van der Waals surface area contributed by atoms with Crippen LogP contribution in [0.15, 0.2) is 24.3 Å². The van der Waals surface area contributed by atoms with Crippen molar-refractivity contribution in [3.8, 4) is 0 Å². The summed E-state index contributed by atoms with van der Waals surface area (Å²) in [6.45, 7) is 4.94. The van der Waals surface area contributed by atoms with Gasteiger partial charge in [0.25, 0.3) is 0 Å². The summed E-state index contributed by atoms with van der Waals surface area (Å²) in [5.74, 6) is -0.0455. The highest BCUT2D eigenvalue weighted by Crippen LogP contribution is 2.20. The van der Waals surface area contributed by atoms with E-state index in [1.165, 1.54) is 366 Å². The fourth-order valence-electron chi connectivity index (χ4n) is 12.3. The molecule has 1 amide bonds.